The van der Waals surface area contributed by atoms with Crippen LogP contribution in [0.3, 0.4) is 0 Å². The first kappa shape index (κ1) is 27.2. The van der Waals surface area contributed by atoms with Crippen molar-refractivity contribution >= 4 is 18.0 Å². The summed E-state index contributed by atoms with van der Waals surface area (Å²) in [6.45, 7) is 5.93. The second-order valence-corrected chi connectivity index (χ2v) is 11.1. The molecule has 39 heavy (non-hydrogen) atoms. The Morgan fingerprint density at radius 2 is 1.77 bits per heavy atom. The average molecular weight is 544 g/mol. The molecule has 2 aromatic rings. The number of amides is 1. The Morgan fingerprint density at radius 1 is 1.08 bits per heavy atom. The van der Waals surface area contributed by atoms with Gasteiger partial charge in [-0.3, -0.25) is 14.7 Å². The number of benzene rings is 1. The highest BCUT2D eigenvalue weighted by molar-refractivity contribution is 5.94. The summed E-state index contributed by atoms with van der Waals surface area (Å²) in [6, 6.07) is 9.13. The first-order chi connectivity index (χ1) is 18.5. The van der Waals surface area contributed by atoms with E-state index in [9.17, 15) is 22.8 Å². The Bertz CT molecular complexity index is 1250. The lowest BCUT2D eigenvalue weighted by Crippen LogP contribution is -2.57. The molecule has 1 aromatic heterocycles. The molecule has 7 nitrogen and oxygen atoms in total. The van der Waals surface area contributed by atoms with Gasteiger partial charge in [-0.15, -0.1) is 0 Å². The van der Waals surface area contributed by atoms with Crippen molar-refractivity contribution < 1.29 is 32.2 Å². The summed E-state index contributed by atoms with van der Waals surface area (Å²) in [5.41, 5.74) is 1.29. The number of hydrogen-bond acceptors (Lipinski definition) is 6. The Balaban J connectivity index is 1.33. The summed E-state index contributed by atoms with van der Waals surface area (Å²) in [6.07, 6.45) is 2.54. The second-order valence-electron chi connectivity index (χ2n) is 11.1. The van der Waals surface area contributed by atoms with Crippen molar-refractivity contribution in [1.82, 2.24) is 14.8 Å². The number of alkyl halides is 3. The minimum atomic E-state index is -5.08. The van der Waals surface area contributed by atoms with Crippen LogP contribution in [0.5, 0.6) is 5.75 Å². The third-order valence-corrected chi connectivity index (χ3v) is 8.04. The van der Waals surface area contributed by atoms with Gasteiger partial charge in [0.25, 0.3) is 5.91 Å². The van der Waals surface area contributed by atoms with Gasteiger partial charge in [-0.25, -0.2) is 4.79 Å². The molecule has 4 heterocycles. The number of para-hydroxylation sites is 1. The number of rotatable bonds is 4. The summed E-state index contributed by atoms with van der Waals surface area (Å²) in [4.78, 5) is 32.6. The maximum absolute atomic E-state index is 13.3. The van der Waals surface area contributed by atoms with Crippen LogP contribution in [0.15, 0.2) is 48.8 Å². The monoisotopic (exact) mass is 543 g/mol. The van der Waals surface area contributed by atoms with E-state index >= 15 is 0 Å². The first-order valence-electron chi connectivity index (χ1n) is 13.2. The summed E-state index contributed by atoms with van der Waals surface area (Å²) < 4.78 is 51.2. The fourth-order valence-electron chi connectivity index (χ4n) is 5.78. The third-order valence-electron chi connectivity index (χ3n) is 8.04. The van der Waals surface area contributed by atoms with Crippen LogP contribution in [0.25, 0.3) is 6.08 Å². The molecule has 0 bridgehead atoms. The summed E-state index contributed by atoms with van der Waals surface area (Å²) in [5, 5.41) is 0. The number of carbonyl (C=O) groups is 2. The van der Waals surface area contributed by atoms with Crippen LogP contribution in [-0.4, -0.2) is 70.7 Å². The number of aromatic nitrogens is 1. The number of ether oxygens (including phenoxy) is 2. The van der Waals surface area contributed by atoms with E-state index in [2.05, 4.69) is 4.98 Å². The van der Waals surface area contributed by atoms with E-state index in [4.69, 9.17) is 9.47 Å². The highest BCUT2D eigenvalue weighted by Crippen LogP contribution is 2.45. The van der Waals surface area contributed by atoms with E-state index in [-0.39, 0.29) is 12.5 Å². The highest BCUT2D eigenvalue weighted by atomic mass is 19.4. The molecule has 0 aliphatic carbocycles. The number of hydrogen-bond donors (Lipinski definition) is 0. The molecule has 1 spiro atoms. The first-order valence-corrected chi connectivity index (χ1v) is 13.2. The van der Waals surface area contributed by atoms with Crippen molar-refractivity contribution in [3.05, 3.63) is 65.5 Å². The minimum absolute atomic E-state index is 0.139. The van der Waals surface area contributed by atoms with E-state index in [0.29, 0.717) is 51.0 Å². The molecular formula is C29H32F3N3O4. The summed E-state index contributed by atoms with van der Waals surface area (Å²) >= 11 is 0. The SMILES string of the molecule is CC1(C)C=Cc2cccc(CN3CCC4(CCN(C(=O)c5ccncc5)CC4)C(OC(=O)C(F)(F)F)C3)c2O1. The predicted molar refractivity (Wildman–Crippen MR) is 138 cm³/mol. The van der Waals surface area contributed by atoms with E-state index in [1.807, 2.05) is 49.1 Å². The minimum Gasteiger partial charge on any atom is -0.483 e. The fourth-order valence-corrected chi connectivity index (χ4v) is 5.78. The molecule has 0 radical (unpaired) electrons. The lowest BCUT2D eigenvalue weighted by molar-refractivity contribution is -0.216. The molecule has 3 aliphatic rings. The fraction of sp³-hybridized carbons (Fsp3) is 0.483. The van der Waals surface area contributed by atoms with Gasteiger partial charge in [0.1, 0.15) is 17.5 Å². The zero-order valence-corrected chi connectivity index (χ0v) is 22.0. The smallest absolute Gasteiger partial charge is 0.483 e. The zero-order chi connectivity index (χ0) is 27.8. The van der Waals surface area contributed by atoms with Crippen LogP contribution in [0.2, 0.25) is 0 Å². The van der Waals surface area contributed by atoms with Crippen LogP contribution in [0.4, 0.5) is 13.2 Å². The molecule has 3 aliphatic heterocycles. The van der Waals surface area contributed by atoms with E-state index < -0.39 is 29.3 Å². The normalized spacial score (nSPS) is 22.2. The molecule has 1 aromatic carbocycles. The molecule has 0 N–H and O–H groups in total. The van der Waals surface area contributed by atoms with Crippen LogP contribution in [0.1, 0.15) is 54.6 Å². The number of likely N-dealkylation sites (tertiary alicyclic amines) is 2. The topological polar surface area (TPSA) is 72.0 Å². The maximum Gasteiger partial charge on any atom is 0.490 e. The Labute approximate surface area is 225 Å². The van der Waals surface area contributed by atoms with Crippen LogP contribution < -0.4 is 4.74 Å². The Morgan fingerprint density at radius 3 is 2.46 bits per heavy atom. The van der Waals surface area contributed by atoms with Gasteiger partial charge in [0, 0.05) is 60.7 Å². The van der Waals surface area contributed by atoms with Crippen molar-refractivity contribution in [2.75, 3.05) is 26.2 Å². The number of carbonyl (C=O) groups excluding carboxylic acids is 2. The molecule has 1 unspecified atom stereocenters. The van der Waals surface area contributed by atoms with Crippen molar-refractivity contribution in [3.8, 4) is 5.75 Å². The third kappa shape index (κ3) is 5.80. The number of esters is 1. The molecule has 1 atom stereocenters. The molecule has 5 rings (SSSR count). The van der Waals surface area contributed by atoms with Gasteiger partial charge in [-0.1, -0.05) is 24.3 Å². The Hall–Kier alpha value is -3.40. The van der Waals surface area contributed by atoms with Gasteiger partial charge < -0.3 is 14.4 Å². The number of halogens is 3. The number of pyridine rings is 1. The average Bonchev–Trinajstić information content (AvgIpc) is 2.90. The molecular weight excluding hydrogens is 511 g/mol. The zero-order valence-electron chi connectivity index (χ0n) is 22.0. The van der Waals surface area contributed by atoms with Crippen molar-refractivity contribution in [1.29, 1.82) is 0 Å². The number of fused-ring (bicyclic) bond motifs is 1. The number of nitrogens with zero attached hydrogens (tertiary/aromatic N) is 3. The lowest BCUT2D eigenvalue weighted by atomic mass is 9.69. The largest absolute Gasteiger partial charge is 0.490 e. The van der Waals surface area contributed by atoms with Crippen LogP contribution in [0, 0.1) is 5.41 Å². The van der Waals surface area contributed by atoms with Gasteiger partial charge in [0.15, 0.2) is 0 Å². The Kier molecular flexibility index (Phi) is 7.17. The quantitative estimate of drug-likeness (QED) is 0.513. The van der Waals surface area contributed by atoms with Gasteiger partial charge in [0.2, 0.25) is 0 Å². The van der Waals surface area contributed by atoms with Gasteiger partial charge in [-0.05, 0) is 57.9 Å². The van der Waals surface area contributed by atoms with Crippen molar-refractivity contribution in [2.24, 2.45) is 5.41 Å². The molecule has 208 valence electrons. The van der Waals surface area contributed by atoms with E-state index in [1.165, 1.54) is 0 Å². The predicted octanol–water partition coefficient (Wildman–Crippen LogP) is 4.87. The molecule has 2 fully saturated rings. The molecule has 2 saturated heterocycles. The molecule has 1 amide bonds. The maximum atomic E-state index is 13.3. The summed E-state index contributed by atoms with van der Waals surface area (Å²) in [7, 11) is 0. The lowest BCUT2D eigenvalue weighted by Gasteiger charge is -2.51. The highest BCUT2D eigenvalue weighted by Gasteiger charge is 2.51. The van der Waals surface area contributed by atoms with Crippen LogP contribution in [-0.2, 0) is 16.1 Å². The second kappa shape index (κ2) is 10.3. The number of piperidine rings is 2. The van der Waals surface area contributed by atoms with E-state index in [1.54, 1.807) is 29.4 Å². The molecule has 10 heteroatoms. The van der Waals surface area contributed by atoms with Crippen molar-refractivity contribution in [2.45, 2.75) is 57.5 Å². The standard InChI is InChI=1S/C29H32F3N3O4/c1-27(2)9-6-20-4-3-5-22(24(20)39-27)18-34-15-10-28(23(19-34)38-26(37)29(30,31)32)11-16-35(17-12-28)25(36)21-7-13-33-14-8-21/h3-9,13-14,23H,10-12,15-19H2,1-2H3. The molecule has 0 saturated carbocycles. The summed E-state index contributed by atoms with van der Waals surface area (Å²) in [5.74, 6) is -1.55. The van der Waals surface area contributed by atoms with Crippen LogP contribution >= 0.6 is 0 Å². The van der Waals surface area contributed by atoms with E-state index in [0.717, 1.165) is 16.9 Å². The van der Waals surface area contributed by atoms with Gasteiger partial charge in [0.05, 0.1) is 0 Å². The van der Waals surface area contributed by atoms with Gasteiger partial charge in [-0.2, -0.15) is 13.2 Å². The van der Waals surface area contributed by atoms with Crippen molar-refractivity contribution in [3.63, 3.8) is 0 Å². The van der Waals surface area contributed by atoms with Gasteiger partial charge >= 0.3 is 12.1 Å².